The lowest BCUT2D eigenvalue weighted by Gasteiger charge is -2.16. The molecule has 0 atom stereocenters. The maximum absolute atomic E-state index is 9.92. The van der Waals surface area contributed by atoms with Crippen molar-refractivity contribution in [2.75, 3.05) is 0 Å². The van der Waals surface area contributed by atoms with Crippen LogP contribution in [0.4, 0.5) is 0 Å². The molecule has 4 heterocycles. The number of pyridine rings is 1. The van der Waals surface area contributed by atoms with Gasteiger partial charge in [0.05, 0.1) is 45.1 Å². The Hall–Kier alpha value is -8.99. The van der Waals surface area contributed by atoms with Gasteiger partial charge in [-0.15, -0.1) is 0 Å². The van der Waals surface area contributed by atoms with E-state index in [0.717, 1.165) is 83.2 Å². The Kier molecular flexibility index (Phi) is 8.73. The van der Waals surface area contributed by atoms with Crippen molar-refractivity contribution >= 4 is 43.6 Å². The Bertz CT molecular complexity index is 3680. The molecule has 0 amide bonds. The summed E-state index contributed by atoms with van der Waals surface area (Å²) in [4.78, 5) is 19.9. The van der Waals surface area contributed by atoms with Gasteiger partial charge in [0.25, 0.3) is 0 Å². The molecule has 298 valence electrons. The second-order valence-corrected chi connectivity index (χ2v) is 15.8. The van der Waals surface area contributed by atoms with Gasteiger partial charge in [0.2, 0.25) is 0 Å². The number of para-hydroxylation sites is 3. The Labute approximate surface area is 368 Å². The zero-order chi connectivity index (χ0) is 42.6. The van der Waals surface area contributed by atoms with Gasteiger partial charge in [-0.2, -0.15) is 5.26 Å². The van der Waals surface area contributed by atoms with Gasteiger partial charge in [-0.25, -0.2) is 15.0 Å². The van der Waals surface area contributed by atoms with E-state index in [1.165, 1.54) is 10.8 Å². The lowest BCUT2D eigenvalue weighted by atomic mass is 9.99. The van der Waals surface area contributed by atoms with Crippen LogP contribution in [0.25, 0.3) is 111 Å². The van der Waals surface area contributed by atoms with Crippen LogP contribution in [0.5, 0.6) is 0 Å². The lowest BCUT2D eigenvalue weighted by molar-refractivity contribution is 1.06. The van der Waals surface area contributed by atoms with Gasteiger partial charge >= 0.3 is 0 Å². The molecule has 8 aromatic carbocycles. The molecule has 12 aromatic rings. The maximum Gasteiger partial charge on any atom is 0.166 e. The Morgan fingerprint density at radius 3 is 1.41 bits per heavy atom. The Morgan fingerprint density at radius 1 is 0.344 bits per heavy atom. The van der Waals surface area contributed by atoms with Crippen LogP contribution in [0.3, 0.4) is 0 Å². The quantitative estimate of drug-likeness (QED) is 0.160. The van der Waals surface area contributed by atoms with E-state index in [9.17, 15) is 5.26 Å². The van der Waals surface area contributed by atoms with E-state index in [0.29, 0.717) is 23.0 Å². The van der Waals surface area contributed by atoms with Crippen molar-refractivity contribution in [3.63, 3.8) is 0 Å². The molecule has 0 radical (unpaired) electrons. The van der Waals surface area contributed by atoms with E-state index in [-0.39, 0.29) is 0 Å². The summed E-state index contributed by atoms with van der Waals surface area (Å²) in [6.07, 6.45) is 3.58. The highest BCUT2D eigenvalue weighted by Crippen LogP contribution is 2.41. The molecule has 0 aliphatic heterocycles. The van der Waals surface area contributed by atoms with Crippen molar-refractivity contribution in [3.8, 4) is 73.9 Å². The fraction of sp³-hybridized carbons (Fsp3) is 0. The molecule has 12 rings (SSSR count). The smallest absolute Gasteiger partial charge is 0.166 e. The van der Waals surface area contributed by atoms with E-state index >= 15 is 0 Å². The first-order valence-electron chi connectivity index (χ1n) is 21.2. The van der Waals surface area contributed by atoms with Gasteiger partial charge in [-0.3, -0.25) is 4.98 Å². The molecule has 0 bridgehead atoms. The molecular weight excluding hydrogens is 783 g/mol. The second-order valence-electron chi connectivity index (χ2n) is 15.8. The number of fused-ring (bicyclic) bond motifs is 6. The number of hydrogen-bond donors (Lipinski definition) is 0. The third-order valence-corrected chi connectivity index (χ3v) is 12.1. The molecule has 0 aliphatic carbocycles. The molecule has 7 heteroatoms. The minimum atomic E-state index is 0.577. The third-order valence-electron chi connectivity index (χ3n) is 12.1. The van der Waals surface area contributed by atoms with E-state index in [1.807, 2.05) is 84.9 Å². The number of nitrogens with zero attached hydrogens (tertiary/aromatic N) is 7. The van der Waals surface area contributed by atoms with Crippen molar-refractivity contribution in [1.29, 1.82) is 5.26 Å². The zero-order valence-electron chi connectivity index (χ0n) is 34.3. The van der Waals surface area contributed by atoms with Crippen molar-refractivity contribution in [3.05, 3.63) is 218 Å². The van der Waals surface area contributed by atoms with Gasteiger partial charge in [-0.1, -0.05) is 127 Å². The number of rotatable bonds is 7. The van der Waals surface area contributed by atoms with Gasteiger partial charge < -0.3 is 9.13 Å². The molecule has 7 nitrogen and oxygen atoms in total. The molecule has 0 spiro atoms. The first-order chi connectivity index (χ1) is 31.7. The number of hydrogen-bond acceptors (Lipinski definition) is 5. The highest BCUT2D eigenvalue weighted by atomic mass is 15.1. The van der Waals surface area contributed by atoms with Crippen LogP contribution in [0.2, 0.25) is 0 Å². The highest BCUT2D eigenvalue weighted by molar-refractivity contribution is 6.12. The van der Waals surface area contributed by atoms with E-state index in [1.54, 1.807) is 12.4 Å². The normalized spacial score (nSPS) is 11.4. The first-order valence-corrected chi connectivity index (χ1v) is 21.2. The number of nitriles is 1. The minimum Gasteiger partial charge on any atom is -0.309 e. The van der Waals surface area contributed by atoms with Gasteiger partial charge in [-0.05, 0) is 89.5 Å². The molecular formula is C57H35N7. The standard InChI is InChI=1S/C57H35N7/c58-36-37-23-26-52(46(33-37)38-29-31-59-32-30-38)64-51-22-12-9-19-45(51)47-34-41(24-27-53(47)64)42-25-28-54(63-49-20-10-7-17-43(49)44-18-8-11-21-50(44)63)48(35-42)57-61-55(39-13-3-1-4-14-39)60-56(62-57)40-15-5-2-6-16-40/h1-35H. The van der Waals surface area contributed by atoms with Gasteiger partial charge in [0.1, 0.15) is 0 Å². The van der Waals surface area contributed by atoms with Crippen LogP contribution in [0.15, 0.2) is 213 Å². The molecule has 64 heavy (non-hydrogen) atoms. The SMILES string of the molecule is N#Cc1ccc(-n2c3ccccc3c3cc(-c4ccc(-n5c6ccccc6c6ccccc65)c(-c5nc(-c6ccccc6)nc(-c6ccccc6)n5)c4)ccc32)c(-c2ccncc2)c1. The van der Waals surface area contributed by atoms with E-state index < -0.39 is 0 Å². The summed E-state index contributed by atoms with van der Waals surface area (Å²) in [6, 6.07) is 71.5. The number of benzene rings is 8. The summed E-state index contributed by atoms with van der Waals surface area (Å²) in [6.45, 7) is 0. The molecule has 0 N–H and O–H groups in total. The summed E-state index contributed by atoms with van der Waals surface area (Å²) in [5, 5.41) is 14.5. The van der Waals surface area contributed by atoms with Crippen LogP contribution in [0, 0.1) is 11.3 Å². The van der Waals surface area contributed by atoms with Crippen molar-refractivity contribution in [2.45, 2.75) is 0 Å². The van der Waals surface area contributed by atoms with Crippen LogP contribution in [-0.2, 0) is 0 Å². The average Bonchev–Trinajstić information content (AvgIpc) is 3.89. The fourth-order valence-electron chi connectivity index (χ4n) is 9.18. The Balaban J connectivity index is 1.11. The predicted molar refractivity (Wildman–Crippen MR) is 258 cm³/mol. The fourth-order valence-corrected chi connectivity index (χ4v) is 9.18. The molecule has 0 fully saturated rings. The Morgan fingerprint density at radius 2 is 0.812 bits per heavy atom. The summed E-state index contributed by atoms with van der Waals surface area (Å²) in [7, 11) is 0. The minimum absolute atomic E-state index is 0.577. The van der Waals surface area contributed by atoms with Gasteiger partial charge in [0.15, 0.2) is 17.5 Å². The van der Waals surface area contributed by atoms with Crippen molar-refractivity contribution in [1.82, 2.24) is 29.1 Å². The zero-order valence-corrected chi connectivity index (χ0v) is 34.3. The van der Waals surface area contributed by atoms with Crippen LogP contribution < -0.4 is 0 Å². The van der Waals surface area contributed by atoms with Gasteiger partial charge in [0, 0.05) is 56.2 Å². The number of aromatic nitrogens is 6. The third kappa shape index (κ3) is 6.12. The van der Waals surface area contributed by atoms with Crippen LogP contribution >= 0.6 is 0 Å². The van der Waals surface area contributed by atoms with Crippen LogP contribution in [0.1, 0.15) is 5.56 Å². The average molecular weight is 818 g/mol. The predicted octanol–water partition coefficient (Wildman–Crippen LogP) is 13.7. The maximum atomic E-state index is 9.92. The molecule has 0 saturated heterocycles. The summed E-state index contributed by atoms with van der Waals surface area (Å²) in [5.74, 6) is 1.78. The molecule has 0 aliphatic rings. The molecule has 4 aromatic heterocycles. The van der Waals surface area contributed by atoms with E-state index in [2.05, 4.69) is 135 Å². The van der Waals surface area contributed by atoms with Crippen molar-refractivity contribution < 1.29 is 0 Å². The lowest BCUT2D eigenvalue weighted by Crippen LogP contribution is -2.04. The topological polar surface area (TPSA) is 85.2 Å². The molecule has 0 saturated carbocycles. The first kappa shape index (κ1) is 36.8. The summed E-state index contributed by atoms with van der Waals surface area (Å²) < 4.78 is 4.65. The largest absolute Gasteiger partial charge is 0.309 e. The molecule has 0 unspecified atom stereocenters. The highest BCUT2D eigenvalue weighted by Gasteiger charge is 2.22. The monoisotopic (exact) mass is 817 g/mol. The van der Waals surface area contributed by atoms with Crippen LogP contribution in [-0.4, -0.2) is 29.1 Å². The second kappa shape index (κ2) is 15.2. The van der Waals surface area contributed by atoms with E-state index in [4.69, 9.17) is 15.0 Å². The summed E-state index contributed by atoms with van der Waals surface area (Å²) in [5.41, 5.74) is 13.6. The van der Waals surface area contributed by atoms with Crippen molar-refractivity contribution in [2.24, 2.45) is 0 Å². The summed E-state index contributed by atoms with van der Waals surface area (Å²) >= 11 is 0.